The SMILES string of the molecule is CCCCOC(=O)c1ccc(NC=CC(=O)c2ccc(OCC)cc2)cc1. The Bertz CT molecular complexity index is 764. The van der Waals surface area contributed by atoms with Crippen molar-refractivity contribution in [3.63, 3.8) is 0 Å². The van der Waals surface area contributed by atoms with Crippen molar-refractivity contribution in [2.24, 2.45) is 0 Å². The molecule has 2 rings (SSSR count). The molecular weight excluding hydrogens is 342 g/mol. The zero-order valence-corrected chi connectivity index (χ0v) is 15.7. The third-order valence-electron chi connectivity index (χ3n) is 3.79. The van der Waals surface area contributed by atoms with Crippen LogP contribution in [-0.4, -0.2) is 25.0 Å². The minimum Gasteiger partial charge on any atom is -0.494 e. The third kappa shape index (κ3) is 6.62. The summed E-state index contributed by atoms with van der Waals surface area (Å²) in [7, 11) is 0. The number of ether oxygens (including phenoxy) is 2. The van der Waals surface area contributed by atoms with Crippen LogP contribution >= 0.6 is 0 Å². The van der Waals surface area contributed by atoms with Crippen LogP contribution in [0.1, 0.15) is 47.4 Å². The summed E-state index contributed by atoms with van der Waals surface area (Å²) in [4.78, 5) is 24.0. The minimum absolute atomic E-state index is 0.110. The molecule has 0 heterocycles. The highest BCUT2D eigenvalue weighted by Gasteiger charge is 2.06. The van der Waals surface area contributed by atoms with Gasteiger partial charge < -0.3 is 14.8 Å². The molecule has 2 aromatic carbocycles. The standard InChI is InChI=1S/C22H25NO4/c1-3-5-16-27-22(25)18-6-10-19(11-7-18)23-15-14-21(24)17-8-12-20(13-9-17)26-4-2/h6-15,23H,3-5,16H2,1-2H3. The van der Waals surface area contributed by atoms with Crippen LogP contribution in [0.3, 0.4) is 0 Å². The molecule has 0 bridgehead atoms. The molecule has 0 aliphatic carbocycles. The van der Waals surface area contributed by atoms with E-state index in [0.717, 1.165) is 24.3 Å². The zero-order valence-electron chi connectivity index (χ0n) is 15.7. The molecule has 0 saturated carbocycles. The van der Waals surface area contributed by atoms with Crippen LogP contribution in [0.4, 0.5) is 5.69 Å². The fourth-order valence-corrected chi connectivity index (χ4v) is 2.29. The number of hydrogen-bond acceptors (Lipinski definition) is 5. The van der Waals surface area contributed by atoms with Gasteiger partial charge in [0, 0.05) is 23.5 Å². The van der Waals surface area contributed by atoms with Crippen molar-refractivity contribution in [3.05, 3.63) is 71.9 Å². The maximum atomic E-state index is 12.1. The van der Waals surface area contributed by atoms with Gasteiger partial charge in [0.05, 0.1) is 18.8 Å². The highest BCUT2D eigenvalue weighted by molar-refractivity contribution is 6.04. The minimum atomic E-state index is -0.323. The molecule has 1 N–H and O–H groups in total. The van der Waals surface area contributed by atoms with Crippen molar-refractivity contribution in [3.8, 4) is 5.75 Å². The maximum absolute atomic E-state index is 12.1. The highest BCUT2D eigenvalue weighted by Crippen LogP contribution is 2.14. The number of nitrogens with one attached hydrogen (secondary N) is 1. The molecule has 142 valence electrons. The van der Waals surface area contributed by atoms with Crippen LogP contribution in [0.15, 0.2) is 60.8 Å². The number of carbonyl (C=O) groups is 2. The second-order valence-electron chi connectivity index (χ2n) is 5.87. The monoisotopic (exact) mass is 367 g/mol. The van der Waals surface area contributed by atoms with Gasteiger partial charge in [-0.3, -0.25) is 4.79 Å². The van der Waals surface area contributed by atoms with Gasteiger partial charge in [-0.15, -0.1) is 0 Å². The normalized spacial score (nSPS) is 10.6. The molecule has 0 saturated heterocycles. The van der Waals surface area contributed by atoms with Gasteiger partial charge in [-0.2, -0.15) is 0 Å². The summed E-state index contributed by atoms with van der Waals surface area (Å²) in [6.45, 7) is 4.98. The fraction of sp³-hybridized carbons (Fsp3) is 0.273. The summed E-state index contributed by atoms with van der Waals surface area (Å²) in [6.07, 6.45) is 4.88. The molecule has 0 unspecified atom stereocenters. The van der Waals surface area contributed by atoms with Crippen molar-refractivity contribution in [2.75, 3.05) is 18.5 Å². The first kappa shape index (κ1) is 20.2. The Kier molecular flexibility index (Phi) is 8.10. The summed E-state index contributed by atoms with van der Waals surface area (Å²) < 4.78 is 10.5. The number of anilines is 1. The van der Waals surface area contributed by atoms with Crippen LogP contribution in [0.2, 0.25) is 0 Å². The van der Waals surface area contributed by atoms with Crippen molar-refractivity contribution in [2.45, 2.75) is 26.7 Å². The molecule has 2 aromatic rings. The van der Waals surface area contributed by atoms with E-state index >= 15 is 0 Å². The number of benzene rings is 2. The van der Waals surface area contributed by atoms with Gasteiger partial charge in [-0.1, -0.05) is 13.3 Å². The second kappa shape index (κ2) is 10.8. The Morgan fingerprint density at radius 3 is 2.26 bits per heavy atom. The van der Waals surface area contributed by atoms with E-state index in [2.05, 4.69) is 5.32 Å². The predicted molar refractivity (Wildman–Crippen MR) is 106 cm³/mol. The van der Waals surface area contributed by atoms with E-state index in [1.807, 2.05) is 13.8 Å². The molecule has 0 amide bonds. The number of esters is 1. The maximum Gasteiger partial charge on any atom is 0.338 e. The van der Waals surface area contributed by atoms with Gasteiger partial charge in [-0.05, 0) is 61.9 Å². The van der Waals surface area contributed by atoms with E-state index in [9.17, 15) is 9.59 Å². The van der Waals surface area contributed by atoms with Crippen molar-refractivity contribution >= 4 is 17.4 Å². The van der Waals surface area contributed by atoms with Crippen LogP contribution in [-0.2, 0) is 4.74 Å². The molecular formula is C22H25NO4. The molecule has 27 heavy (non-hydrogen) atoms. The van der Waals surface area contributed by atoms with Crippen LogP contribution in [0.5, 0.6) is 5.75 Å². The van der Waals surface area contributed by atoms with Crippen molar-refractivity contribution in [1.29, 1.82) is 0 Å². The second-order valence-corrected chi connectivity index (χ2v) is 5.87. The Morgan fingerprint density at radius 2 is 1.63 bits per heavy atom. The van der Waals surface area contributed by atoms with E-state index in [-0.39, 0.29) is 11.8 Å². The molecule has 0 aliphatic rings. The van der Waals surface area contributed by atoms with E-state index in [4.69, 9.17) is 9.47 Å². The molecule has 0 radical (unpaired) electrons. The smallest absolute Gasteiger partial charge is 0.338 e. The summed E-state index contributed by atoms with van der Waals surface area (Å²) >= 11 is 0. The number of ketones is 1. The van der Waals surface area contributed by atoms with E-state index in [0.29, 0.717) is 24.3 Å². The number of unbranched alkanes of at least 4 members (excludes halogenated alkanes) is 1. The molecule has 0 spiro atoms. The summed E-state index contributed by atoms with van der Waals surface area (Å²) in [5.41, 5.74) is 1.86. The van der Waals surface area contributed by atoms with Gasteiger partial charge in [0.15, 0.2) is 5.78 Å². The van der Waals surface area contributed by atoms with Gasteiger partial charge >= 0.3 is 5.97 Å². The van der Waals surface area contributed by atoms with Gasteiger partial charge in [0.25, 0.3) is 0 Å². The first-order valence-electron chi connectivity index (χ1n) is 9.11. The van der Waals surface area contributed by atoms with Gasteiger partial charge in [0.2, 0.25) is 0 Å². The van der Waals surface area contributed by atoms with Gasteiger partial charge in [-0.25, -0.2) is 4.79 Å². The average Bonchev–Trinajstić information content (AvgIpc) is 2.69. The highest BCUT2D eigenvalue weighted by atomic mass is 16.5. The van der Waals surface area contributed by atoms with E-state index in [1.165, 1.54) is 6.08 Å². The topological polar surface area (TPSA) is 64.6 Å². The Labute approximate surface area is 160 Å². The number of allylic oxidation sites excluding steroid dienone is 1. The average molecular weight is 367 g/mol. The van der Waals surface area contributed by atoms with Crippen LogP contribution < -0.4 is 10.1 Å². The Morgan fingerprint density at radius 1 is 0.963 bits per heavy atom. The quantitative estimate of drug-likeness (QED) is 0.281. The molecule has 0 aromatic heterocycles. The van der Waals surface area contributed by atoms with Crippen LogP contribution in [0.25, 0.3) is 0 Å². The van der Waals surface area contributed by atoms with Crippen molar-refractivity contribution in [1.82, 2.24) is 0 Å². The lowest BCUT2D eigenvalue weighted by Crippen LogP contribution is -2.06. The lowest BCUT2D eigenvalue weighted by Gasteiger charge is -2.05. The number of hydrogen-bond donors (Lipinski definition) is 1. The summed E-state index contributed by atoms with van der Waals surface area (Å²) in [6, 6.07) is 13.9. The van der Waals surface area contributed by atoms with Gasteiger partial charge in [0.1, 0.15) is 5.75 Å². The Hall–Kier alpha value is -3.08. The number of rotatable bonds is 10. The first-order valence-corrected chi connectivity index (χ1v) is 9.11. The molecule has 0 aliphatic heterocycles. The van der Waals surface area contributed by atoms with Crippen LogP contribution in [0, 0.1) is 0 Å². The van der Waals surface area contributed by atoms with Crippen molar-refractivity contribution < 1.29 is 19.1 Å². The Balaban J connectivity index is 1.86. The third-order valence-corrected chi connectivity index (χ3v) is 3.79. The summed E-state index contributed by atoms with van der Waals surface area (Å²) in [5, 5.41) is 3.02. The molecule has 0 fully saturated rings. The van der Waals surface area contributed by atoms with E-state index in [1.54, 1.807) is 54.7 Å². The fourth-order valence-electron chi connectivity index (χ4n) is 2.29. The molecule has 5 heteroatoms. The first-order chi connectivity index (χ1) is 13.1. The predicted octanol–water partition coefficient (Wildman–Crippen LogP) is 4.85. The largest absolute Gasteiger partial charge is 0.494 e. The number of carbonyl (C=O) groups excluding carboxylic acids is 2. The lowest BCUT2D eigenvalue weighted by atomic mass is 10.1. The summed E-state index contributed by atoms with van der Waals surface area (Å²) in [5.74, 6) is 0.308. The molecule has 5 nitrogen and oxygen atoms in total. The molecule has 0 atom stereocenters. The lowest BCUT2D eigenvalue weighted by molar-refractivity contribution is 0.0499. The zero-order chi connectivity index (χ0) is 19.5. The van der Waals surface area contributed by atoms with E-state index < -0.39 is 0 Å².